The number of nitrogens with zero attached hydrogens (tertiary/aromatic N) is 2. The molecular formula is C45H43F3N4. The first kappa shape index (κ1) is 35.0. The summed E-state index contributed by atoms with van der Waals surface area (Å²) < 4.78 is 40.8. The Bertz CT molecular complexity index is 2190. The van der Waals surface area contributed by atoms with Gasteiger partial charge in [-0.2, -0.15) is 0 Å². The maximum absolute atomic E-state index is 13.7. The molecule has 4 aromatic carbocycles. The van der Waals surface area contributed by atoms with E-state index in [1.807, 2.05) is 37.5 Å². The zero-order chi connectivity index (χ0) is 36.2. The van der Waals surface area contributed by atoms with Gasteiger partial charge in [-0.1, -0.05) is 36.4 Å². The lowest BCUT2D eigenvalue weighted by molar-refractivity contribution is 0.560. The Morgan fingerprint density at radius 1 is 0.538 bits per heavy atom. The van der Waals surface area contributed by atoms with Crippen molar-refractivity contribution in [3.8, 4) is 22.3 Å². The molecule has 6 aromatic rings. The largest absolute Gasteiger partial charge is 0.366 e. The van der Waals surface area contributed by atoms with Crippen LogP contribution in [0.1, 0.15) is 62.9 Å². The number of halogens is 3. The molecule has 264 valence electrons. The predicted octanol–water partition coefficient (Wildman–Crippen LogP) is 11.0. The van der Waals surface area contributed by atoms with Gasteiger partial charge in [-0.25, -0.2) is 23.1 Å². The van der Waals surface area contributed by atoms with Gasteiger partial charge in [0.1, 0.15) is 29.1 Å². The molecule has 0 saturated carbocycles. The highest BCUT2D eigenvalue weighted by Crippen LogP contribution is 2.33. The van der Waals surface area contributed by atoms with Gasteiger partial charge in [0.05, 0.1) is 0 Å². The van der Waals surface area contributed by atoms with E-state index in [4.69, 9.17) is 0 Å². The van der Waals surface area contributed by atoms with Crippen molar-refractivity contribution in [2.75, 3.05) is 10.6 Å². The van der Waals surface area contributed by atoms with E-state index in [1.54, 1.807) is 12.1 Å². The number of aromatic nitrogens is 2. The van der Waals surface area contributed by atoms with E-state index >= 15 is 0 Å². The molecule has 0 saturated heterocycles. The van der Waals surface area contributed by atoms with E-state index < -0.39 is 11.6 Å². The van der Waals surface area contributed by atoms with Gasteiger partial charge in [-0.05, 0) is 163 Å². The van der Waals surface area contributed by atoms with Crippen molar-refractivity contribution in [1.29, 1.82) is 0 Å². The van der Waals surface area contributed by atoms with Crippen LogP contribution in [0.3, 0.4) is 0 Å². The predicted molar refractivity (Wildman–Crippen MR) is 205 cm³/mol. The number of nitrogens with one attached hydrogen (secondary N) is 2. The summed E-state index contributed by atoms with van der Waals surface area (Å²) in [5.74, 6) is 0.0833. The Hall–Kier alpha value is -5.43. The molecule has 2 aromatic heterocycles. The molecule has 2 aliphatic rings. The van der Waals surface area contributed by atoms with Crippen LogP contribution >= 0.6 is 0 Å². The van der Waals surface area contributed by atoms with Crippen LogP contribution in [0.4, 0.5) is 24.8 Å². The molecule has 52 heavy (non-hydrogen) atoms. The summed E-state index contributed by atoms with van der Waals surface area (Å²) in [6.45, 7) is 6.91. The van der Waals surface area contributed by atoms with Crippen molar-refractivity contribution in [1.82, 2.24) is 9.97 Å². The third-order valence-corrected chi connectivity index (χ3v) is 10.3. The first-order chi connectivity index (χ1) is 25.2. The monoisotopic (exact) mass is 696 g/mol. The maximum atomic E-state index is 13.7. The maximum Gasteiger partial charge on any atom is 0.131 e. The normalized spacial score (nSPS) is 12.9. The fraction of sp³-hybridized carbons (Fsp3) is 0.244. The molecule has 7 heteroatoms. The Morgan fingerprint density at radius 2 is 1.04 bits per heavy atom. The second-order valence-corrected chi connectivity index (χ2v) is 13.9. The van der Waals surface area contributed by atoms with Crippen LogP contribution in [-0.4, -0.2) is 9.97 Å². The fourth-order valence-electron chi connectivity index (χ4n) is 7.33. The molecular weight excluding hydrogens is 654 g/mol. The smallest absolute Gasteiger partial charge is 0.131 e. The third-order valence-electron chi connectivity index (χ3n) is 10.3. The Morgan fingerprint density at radius 3 is 1.54 bits per heavy atom. The van der Waals surface area contributed by atoms with Crippen LogP contribution in [0.5, 0.6) is 0 Å². The zero-order valence-electron chi connectivity index (χ0n) is 29.9. The molecule has 0 fully saturated rings. The highest BCUT2D eigenvalue weighted by Gasteiger charge is 2.16. The lowest BCUT2D eigenvalue weighted by Crippen LogP contribution is -2.05. The first-order valence-corrected chi connectivity index (χ1v) is 18.0. The molecule has 2 N–H and O–H groups in total. The summed E-state index contributed by atoms with van der Waals surface area (Å²) in [4.78, 5) is 8.96. The van der Waals surface area contributed by atoms with Crippen molar-refractivity contribution in [2.45, 2.75) is 72.4 Å². The summed E-state index contributed by atoms with van der Waals surface area (Å²) in [5.41, 5.74) is 15.2. The van der Waals surface area contributed by atoms with Gasteiger partial charge >= 0.3 is 0 Å². The van der Waals surface area contributed by atoms with Gasteiger partial charge in [0.2, 0.25) is 0 Å². The minimum Gasteiger partial charge on any atom is -0.366 e. The lowest BCUT2D eigenvalue weighted by Gasteiger charge is -2.12. The van der Waals surface area contributed by atoms with Crippen LogP contribution < -0.4 is 10.6 Å². The summed E-state index contributed by atoms with van der Waals surface area (Å²) in [5, 5.41) is 6.27. The number of fused-ring (bicyclic) bond motifs is 2. The van der Waals surface area contributed by atoms with Crippen molar-refractivity contribution in [3.63, 3.8) is 0 Å². The van der Waals surface area contributed by atoms with Gasteiger partial charge in [0.15, 0.2) is 0 Å². The average Bonchev–Trinajstić information content (AvgIpc) is 3.81. The molecule has 0 amide bonds. The standard InChI is InChI=1S/C23H23FN2.C22H20F2N2/c1-15-6-8-21(24)11-20(15)14-26-23-9-7-19(13-25-23)22-12-18-5-3-4-17(18)10-16(22)2;1-14-10-15-4-2-5-16(15)11-18(14)17-8-9-22(25-12-17)26-13-19-20(23)6-3-7-21(19)24/h6-13H,3-5,14H2,1-2H3,(H,25,26);3,6-12H,2,4-5,13H2,1H3,(H,25,26). The summed E-state index contributed by atoms with van der Waals surface area (Å²) >= 11 is 0. The van der Waals surface area contributed by atoms with Gasteiger partial charge < -0.3 is 10.6 Å². The Labute approximate surface area is 304 Å². The average molecular weight is 697 g/mol. The summed E-state index contributed by atoms with van der Waals surface area (Å²) in [7, 11) is 0. The van der Waals surface area contributed by atoms with Gasteiger partial charge in [-0.15, -0.1) is 0 Å². The summed E-state index contributed by atoms with van der Waals surface area (Å²) in [6.07, 6.45) is 10.9. The van der Waals surface area contributed by atoms with Crippen molar-refractivity contribution >= 4 is 11.6 Å². The van der Waals surface area contributed by atoms with E-state index in [0.29, 0.717) is 12.4 Å². The Kier molecular flexibility index (Phi) is 10.4. The number of aryl methyl sites for hydroxylation is 7. The lowest BCUT2D eigenvalue weighted by atomic mass is 9.96. The molecule has 0 atom stereocenters. The first-order valence-electron chi connectivity index (χ1n) is 18.0. The molecule has 0 unspecified atom stereocenters. The van der Waals surface area contributed by atoms with Gasteiger partial charge in [0.25, 0.3) is 0 Å². The van der Waals surface area contributed by atoms with Crippen molar-refractivity contribution in [3.05, 3.63) is 165 Å². The third kappa shape index (κ3) is 7.89. The number of hydrogen-bond acceptors (Lipinski definition) is 4. The van der Waals surface area contributed by atoms with E-state index in [-0.39, 0.29) is 17.9 Å². The number of rotatable bonds is 8. The molecule has 0 aliphatic heterocycles. The Balaban J connectivity index is 0.000000162. The molecule has 0 radical (unpaired) electrons. The number of hydrogen-bond donors (Lipinski definition) is 2. The van der Waals surface area contributed by atoms with Crippen molar-refractivity contribution in [2.24, 2.45) is 0 Å². The quantitative estimate of drug-likeness (QED) is 0.166. The number of anilines is 2. The van der Waals surface area contributed by atoms with E-state index in [9.17, 15) is 13.2 Å². The fourth-order valence-corrected chi connectivity index (χ4v) is 7.33. The highest BCUT2D eigenvalue weighted by atomic mass is 19.1. The second kappa shape index (κ2) is 15.4. The number of benzene rings is 4. The van der Waals surface area contributed by atoms with Crippen LogP contribution in [0.25, 0.3) is 22.3 Å². The molecule has 8 rings (SSSR count). The van der Waals surface area contributed by atoms with Crippen molar-refractivity contribution < 1.29 is 13.2 Å². The topological polar surface area (TPSA) is 49.8 Å². The SMILES string of the molecule is Cc1cc2c(cc1-c1ccc(NCc3c(F)cccc3F)nc1)CCC2.Cc1ccc(F)cc1CNc1ccc(-c2cc3c(cc2C)CCC3)cn1. The molecule has 0 spiro atoms. The van der Waals surface area contributed by atoms with Crippen LogP contribution in [0.15, 0.2) is 97.3 Å². The van der Waals surface area contributed by atoms with E-state index in [2.05, 4.69) is 64.8 Å². The molecule has 4 nitrogen and oxygen atoms in total. The summed E-state index contributed by atoms with van der Waals surface area (Å²) in [6, 6.07) is 25.9. The van der Waals surface area contributed by atoms with Crippen LogP contribution in [-0.2, 0) is 38.8 Å². The van der Waals surface area contributed by atoms with Crippen LogP contribution in [0, 0.1) is 38.2 Å². The molecule has 0 bridgehead atoms. The minimum absolute atomic E-state index is 0.0212. The molecule has 2 heterocycles. The zero-order valence-corrected chi connectivity index (χ0v) is 29.9. The van der Waals surface area contributed by atoms with Gasteiger partial charge in [-0.3, -0.25) is 0 Å². The minimum atomic E-state index is -0.553. The van der Waals surface area contributed by atoms with Gasteiger partial charge in [0, 0.05) is 42.2 Å². The van der Waals surface area contributed by atoms with E-state index in [1.165, 1.54) is 101 Å². The van der Waals surface area contributed by atoms with Crippen LogP contribution in [0.2, 0.25) is 0 Å². The highest BCUT2D eigenvalue weighted by molar-refractivity contribution is 5.70. The van der Waals surface area contributed by atoms with E-state index in [0.717, 1.165) is 34.5 Å². The number of pyridine rings is 2. The second-order valence-electron chi connectivity index (χ2n) is 13.9. The molecule has 2 aliphatic carbocycles.